The van der Waals surface area contributed by atoms with Crippen LogP contribution in [0.15, 0.2) is 10.6 Å². The topological polar surface area (TPSA) is 99.0 Å². The molecule has 2 heterocycles. The Hall–Kier alpha value is -2.38. The Labute approximate surface area is 103 Å². The Kier molecular flexibility index (Phi) is 3.00. The van der Waals surface area contributed by atoms with E-state index >= 15 is 0 Å². The van der Waals surface area contributed by atoms with Crippen molar-refractivity contribution in [3.63, 3.8) is 0 Å². The number of nitrogens with one attached hydrogen (secondary N) is 1. The van der Waals surface area contributed by atoms with Gasteiger partial charge in [0.05, 0.1) is 11.5 Å². The van der Waals surface area contributed by atoms with Gasteiger partial charge in [-0.25, -0.2) is 4.68 Å². The summed E-state index contributed by atoms with van der Waals surface area (Å²) in [4.78, 5) is 10.5. The van der Waals surface area contributed by atoms with Crippen molar-refractivity contribution in [1.82, 2.24) is 14.9 Å². The second-order valence-electron chi connectivity index (χ2n) is 3.95. The van der Waals surface area contributed by atoms with Gasteiger partial charge in [0.1, 0.15) is 17.1 Å². The third-order valence-corrected chi connectivity index (χ3v) is 2.49. The van der Waals surface area contributed by atoms with Crippen LogP contribution in [0.3, 0.4) is 0 Å². The summed E-state index contributed by atoms with van der Waals surface area (Å²) in [6.07, 6.45) is 0. The second-order valence-corrected chi connectivity index (χ2v) is 3.95. The van der Waals surface area contributed by atoms with E-state index < -0.39 is 4.92 Å². The SMILES string of the molecule is Cc1cc(CNc2c([N+](=O)[O-])c(C)nn2C)no1. The number of rotatable bonds is 4. The molecule has 2 rings (SSSR count). The van der Waals surface area contributed by atoms with Gasteiger partial charge in [-0.2, -0.15) is 5.10 Å². The van der Waals surface area contributed by atoms with Gasteiger partial charge in [0, 0.05) is 13.1 Å². The van der Waals surface area contributed by atoms with Crippen molar-refractivity contribution in [2.75, 3.05) is 5.32 Å². The van der Waals surface area contributed by atoms with Crippen molar-refractivity contribution in [1.29, 1.82) is 0 Å². The molecule has 0 amide bonds. The molecule has 0 aromatic carbocycles. The molecular weight excluding hydrogens is 238 g/mol. The summed E-state index contributed by atoms with van der Waals surface area (Å²) in [5.74, 6) is 1.06. The van der Waals surface area contributed by atoms with Crippen molar-refractivity contribution in [2.45, 2.75) is 20.4 Å². The molecule has 0 bridgehead atoms. The highest BCUT2D eigenvalue weighted by molar-refractivity contribution is 5.59. The van der Waals surface area contributed by atoms with Crippen molar-refractivity contribution in [2.24, 2.45) is 7.05 Å². The summed E-state index contributed by atoms with van der Waals surface area (Å²) in [7, 11) is 1.65. The summed E-state index contributed by atoms with van der Waals surface area (Å²) < 4.78 is 6.36. The lowest BCUT2D eigenvalue weighted by atomic mass is 10.3. The fraction of sp³-hybridized carbons (Fsp3) is 0.400. The van der Waals surface area contributed by atoms with Crippen LogP contribution < -0.4 is 5.32 Å². The third kappa shape index (κ3) is 2.17. The number of nitrogens with zero attached hydrogens (tertiary/aromatic N) is 4. The van der Waals surface area contributed by atoms with E-state index in [0.29, 0.717) is 29.5 Å². The van der Waals surface area contributed by atoms with E-state index in [-0.39, 0.29) is 5.69 Å². The Bertz CT molecular complexity index is 586. The molecule has 0 aliphatic carbocycles. The monoisotopic (exact) mass is 251 g/mol. The zero-order valence-electron chi connectivity index (χ0n) is 10.3. The molecule has 1 N–H and O–H groups in total. The first-order chi connectivity index (χ1) is 8.49. The summed E-state index contributed by atoms with van der Waals surface area (Å²) >= 11 is 0. The molecule has 0 aliphatic rings. The van der Waals surface area contributed by atoms with E-state index in [1.54, 1.807) is 27.0 Å². The van der Waals surface area contributed by atoms with E-state index in [4.69, 9.17) is 4.52 Å². The zero-order valence-corrected chi connectivity index (χ0v) is 10.3. The molecule has 0 saturated carbocycles. The van der Waals surface area contributed by atoms with Crippen molar-refractivity contribution in [3.05, 3.63) is 33.3 Å². The number of anilines is 1. The lowest BCUT2D eigenvalue weighted by Gasteiger charge is -2.03. The normalized spacial score (nSPS) is 10.6. The van der Waals surface area contributed by atoms with Gasteiger partial charge in [-0.1, -0.05) is 5.16 Å². The predicted octanol–water partition coefficient (Wildman–Crippen LogP) is 1.55. The van der Waals surface area contributed by atoms with Gasteiger partial charge in [0.15, 0.2) is 0 Å². The van der Waals surface area contributed by atoms with E-state index in [1.165, 1.54) is 4.68 Å². The Morgan fingerprint density at radius 3 is 2.83 bits per heavy atom. The van der Waals surface area contributed by atoms with E-state index in [1.807, 2.05) is 0 Å². The largest absolute Gasteiger partial charge is 0.361 e. The Morgan fingerprint density at radius 1 is 1.56 bits per heavy atom. The van der Waals surface area contributed by atoms with Crippen LogP contribution in [0.2, 0.25) is 0 Å². The lowest BCUT2D eigenvalue weighted by molar-refractivity contribution is -0.384. The van der Waals surface area contributed by atoms with Crippen LogP contribution in [-0.4, -0.2) is 19.9 Å². The molecule has 96 valence electrons. The Morgan fingerprint density at radius 2 is 2.28 bits per heavy atom. The van der Waals surface area contributed by atoms with Gasteiger partial charge in [-0.05, 0) is 13.8 Å². The highest BCUT2D eigenvalue weighted by atomic mass is 16.6. The van der Waals surface area contributed by atoms with Gasteiger partial charge < -0.3 is 9.84 Å². The summed E-state index contributed by atoms with van der Waals surface area (Å²) in [6.45, 7) is 3.73. The molecular formula is C10H13N5O3. The zero-order chi connectivity index (χ0) is 13.3. The van der Waals surface area contributed by atoms with Crippen molar-refractivity contribution >= 4 is 11.5 Å². The minimum absolute atomic E-state index is 0.0160. The summed E-state index contributed by atoms with van der Waals surface area (Å²) in [5.41, 5.74) is 1.04. The van der Waals surface area contributed by atoms with Crippen molar-refractivity contribution < 1.29 is 9.45 Å². The maximum Gasteiger partial charge on any atom is 0.333 e. The van der Waals surface area contributed by atoms with Gasteiger partial charge in [0.2, 0.25) is 5.82 Å². The van der Waals surface area contributed by atoms with Crippen LogP contribution >= 0.6 is 0 Å². The minimum Gasteiger partial charge on any atom is -0.361 e. The number of hydrogen-bond acceptors (Lipinski definition) is 6. The lowest BCUT2D eigenvalue weighted by Crippen LogP contribution is -2.06. The quantitative estimate of drug-likeness (QED) is 0.653. The first-order valence-corrected chi connectivity index (χ1v) is 5.33. The molecule has 0 radical (unpaired) electrons. The van der Waals surface area contributed by atoms with E-state index in [0.717, 1.165) is 0 Å². The van der Waals surface area contributed by atoms with E-state index in [9.17, 15) is 10.1 Å². The van der Waals surface area contributed by atoms with Crippen LogP contribution in [-0.2, 0) is 13.6 Å². The predicted molar refractivity (Wildman–Crippen MR) is 63.2 cm³/mol. The molecule has 0 unspecified atom stereocenters. The fourth-order valence-corrected chi connectivity index (χ4v) is 1.74. The number of nitro groups is 1. The third-order valence-electron chi connectivity index (χ3n) is 2.49. The molecule has 2 aromatic heterocycles. The highest BCUT2D eigenvalue weighted by Crippen LogP contribution is 2.27. The second kappa shape index (κ2) is 4.47. The number of hydrogen-bond donors (Lipinski definition) is 1. The average Bonchev–Trinajstić information content (AvgIpc) is 2.79. The van der Waals surface area contributed by atoms with E-state index in [2.05, 4.69) is 15.6 Å². The molecule has 0 aliphatic heterocycles. The summed E-state index contributed by atoms with van der Waals surface area (Å²) in [5, 5.41) is 21.7. The molecule has 8 nitrogen and oxygen atoms in total. The standard InChI is InChI=1S/C10H13N5O3/c1-6-4-8(13-18-6)5-11-10-9(15(16)17)7(2)12-14(10)3/h4,11H,5H2,1-3H3. The average molecular weight is 251 g/mol. The fourth-order valence-electron chi connectivity index (χ4n) is 1.74. The maximum atomic E-state index is 10.9. The highest BCUT2D eigenvalue weighted by Gasteiger charge is 2.23. The number of aryl methyl sites for hydroxylation is 3. The van der Waals surface area contributed by atoms with Gasteiger partial charge in [-0.15, -0.1) is 0 Å². The molecule has 2 aromatic rings. The molecule has 0 spiro atoms. The molecule has 0 fully saturated rings. The van der Waals surface area contributed by atoms with Crippen molar-refractivity contribution in [3.8, 4) is 0 Å². The first-order valence-electron chi connectivity index (χ1n) is 5.33. The van der Waals surface area contributed by atoms with Crippen LogP contribution in [0.5, 0.6) is 0 Å². The maximum absolute atomic E-state index is 10.9. The summed E-state index contributed by atoms with van der Waals surface area (Å²) in [6, 6.07) is 1.77. The molecule has 8 heteroatoms. The number of aromatic nitrogens is 3. The molecule has 18 heavy (non-hydrogen) atoms. The van der Waals surface area contributed by atoms with Crippen LogP contribution in [0.4, 0.5) is 11.5 Å². The van der Waals surface area contributed by atoms with Crippen LogP contribution in [0.1, 0.15) is 17.1 Å². The molecule has 0 saturated heterocycles. The van der Waals surface area contributed by atoms with Gasteiger partial charge >= 0.3 is 5.69 Å². The minimum atomic E-state index is -0.446. The van der Waals surface area contributed by atoms with Gasteiger partial charge in [0.25, 0.3) is 0 Å². The van der Waals surface area contributed by atoms with Crippen LogP contribution in [0.25, 0.3) is 0 Å². The molecule has 0 atom stereocenters. The van der Waals surface area contributed by atoms with Gasteiger partial charge in [-0.3, -0.25) is 10.1 Å². The smallest absolute Gasteiger partial charge is 0.333 e. The Balaban J connectivity index is 2.21. The van der Waals surface area contributed by atoms with Crippen LogP contribution in [0, 0.1) is 24.0 Å². The first kappa shape index (κ1) is 12.1.